The minimum Gasteiger partial charge on any atom is -0.391 e. The Morgan fingerprint density at radius 3 is 2.33 bits per heavy atom. The van der Waals surface area contributed by atoms with Crippen molar-refractivity contribution in [1.29, 1.82) is 0 Å². The molecule has 1 unspecified atom stereocenters. The zero-order chi connectivity index (χ0) is 9.45. The minimum atomic E-state index is -1.39. The van der Waals surface area contributed by atoms with E-state index in [-0.39, 0.29) is 6.61 Å². The van der Waals surface area contributed by atoms with E-state index in [9.17, 15) is 5.11 Å². The summed E-state index contributed by atoms with van der Waals surface area (Å²) in [5.74, 6) is -1.39. The van der Waals surface area contributed by atoms with Crippen LogP contribution in [0.15, 0.2) is 0 Å². The standard InChI is InChI=1S/C8H18O4/c1-3-8(10,7-9)12-6-5-11-4-2/h9-10H,3-7H2,1-2H3. The molecule has 0 aromatic carbocycles. The highest BCUT2D eigenvalue weighted by atomic mass is 16.6. The summed E-state index contributed by atoms with van der Waals surface area (Å²) < 4.78 is 10.0. The Labute approximate surface area is 73.1 Å². The number of aliphatic hydroxyl groups excluding tert-OH is 1. The highest BCUT2D eigenvalue weighted by molar-refractivity contribution is 4.61. The van der Waals surface area contributed by atoms with Crippen LogP contribution >= 0.6 is 0 Å². The first-order chi connectivity index (χ1) is 5.68. The quantitative estimate of drug-likeness (QED) is 0.430. The van der Waals surface area contributed by atoms with E-state index in [1.807, 2.05) is 6.92 Å². The second-order valence-electron chi connectivity index (χ2n) is 2.50. The van der Waals surface area contributed by atoms with Crippen LogP contribution < -0.4 is 0 Å². The largest absolute Gasteiger partial charge is 0.391 e. The number of aliphatic hydroxyl groups is 2. The van der Waals surface area contributed by atoms with Crippen molar-refractivity contribution in [1.82, 2.24) is 0 Å². The zero-order valence-corrected chi connectivity index (χ0v) is 7.75. The summed E-state index contributed by atoms with van der Waals surface area (Å²) in [4.78, 5) is 0. The highest BCUT2D eigenvalue weighted by Gasteiger charge is 2.23. The molecule has 0 aromatic rings. The molecular weight excluding hydrogens is 160 g/mol. The molecule has 0 spiro atoms. The number of hydrogen-bond acceptors (Lipinski definition) is 4. The molecule has 2 N–H and O–H groups in total. The smallest absolute Gasteiger partial charge is 0.188 e. The summed E-state index contributed by atoms with van der Waals surface area (Å²) in [6.45, 7) is 4.63. The van der Waals surface area contributed by atoms with Crippen molar-refractivity contribution in [2.24, 2.45) is 0 Å². The average molecular weight is 178 g/mol. The van der Waals surface area contributed by atoms with E-state index in [0.29, 0.717) is 26.2 Å². The summed E-state index contributed by atoms with van der Waals surface area (Å²) in [6, 6.07) is 0. The summed E-state index contributed by atoms with van der Waals surface area (Å²) in [7, 11) is 0. The Hall–Kier alpha value is -0.160. The summed E-state index contributed by atoms with van der Waals surface area (Å²) in [6.07, 6.45) is 0.371. The molecule has 0 saturated heterocycles. The lowest BCUT2D eigenvalue weighted by molar-refractivity contribution is -0.230. The third kappa shape index (κ3) is 4.66. The van der Waals surface area contributed by atoms with Crippen molar-refractivity contribution in [3.8, 4) is 0 Å². The van der Waals surface area contributed by atoms with E-state index in [1.54, 1.807) is 6.92 Å². The van der Waals surface area contributed by atoms with Crippen LogP contribution in [0.1, 0.15) is 20.3 Å². The van der Waals surface area contributed by atoms with Crippen LogP contribution in [0.4, 0.5) is 0 Å². The summed E-state index contributed by atoms with van der Waals surface area (Å²) in [5.41, 5.74) is 0. The van der Waals surface area contributed by atoms with Gasteiger partial charge < -0.3 is 19.7 Å². The minimum absolute atomic E-state index is 0.304. The Morgan fingerprint density at radius 2 is 1.92 bits per heavy atom. The first-order valence-electron chi connectivity index (χ1n) is 4.23. The van der Waals surface area contributed by atoms with Gasteiger partial charge in [0.15, 0.2) is 5.79 Å². The van der Waals surface area contributed by atoms with Gasteiger partial charge in [0.1, 0.15) is 0 Å². The van der Waals surface area contributed by atoms with E-state index in [0.717, 1.165) is 0 Å². The van der Waals surface area contributed by atoms with Gasteiger partial charge in [0, 0.05) is 13.0 Å². The zero-order valence-electron chi connectivity index (χ0n) is 7.75. The van der Waals surface area contributed by atoms with Gasteiger partial charge in [-0.25, -0.2) is 0 Å². The molecule has 74 valence electrons. The first kappa shape index (κ1) is 11.8. The predicted octanol–water partition coefficient (Wildman–Crippen LogP) is 0.130. The molecular formula is C8H18O4. The fourth-order valence-corrected chi connectivity index (χ4v) is 0.694. The molecule has 1 atom stereocenters. The molecule has 4 nitrogen and oxygen atoms in total. The van der Waals surface area contributed by atoms with Crippen LogP contribution in [0.3, 0.4) is 0 Å². The normalized spacial score (nSPS) is 16.0. The second kappa shape index (κ2) is 6.37. The molecule has 0 aliphatic carbocycles. The van der Waals surface area contributed by atoms with Crippen molar-refractivity contribution in [2.75, 3.05) is 26.4 Å². The number of hydrogen-bond donors (Lipinski definition) is 2. The Kier molecular flexibility index (Phi) is 6.28. The SMILES string of the molecule is CCOCCOC(O)(CC)CO. The Balaban J connectivity index is 3.45. The van der Waals surface area contributed by atoms with Crippen LogP contribution in [0.25, 0.3) is 0 Å². The van der Waals surface area contributed by atoms with Crippen molar-refractivity contribution in [3.63, 3.8) is 0 Å². The van der Waals surface area contributed by atoms with E-state index < -0.39 is 5.79 Å². The molecule has 0 aliphatic rings. The van der Waals surface area contributed by atoms with Gasteiger partial charge in [0.25, 0.3) is 0 Å². The van der Waals surface area contributed by atoms with Gasteiger partial charge in [-0.05, 0) is 6.92 Å². The van der Waals surface area contributed by atoms with Crippen molar-refractivity contribution in [2.45, 2.75) is 26.1 Å². The van der Waals surface area contributed by atoms with Crippen LogP contribution in [0, 0.1) is 0 Å². The van der Waals surface area contributed by atoms with Gasteiger partial charge >= 0.3 is 0 Å². The lowest BCUT2D eigenvalue weighted by Crippen LogP contribution is -2.36. The summed E-state index contributed by atoms with van der Waals surface area (Å²) >= 11 is 0. The van der Waals surface area contributed by atoms with E-state index in [4.69, 9.17) is 14.6 Å². The third-order valence-electron chi connectivity index (χ3n) is 1.60. The van der Waals surface area contributed by atoms with Gasteiger partial charge in [-0.15, -0.1) is 0 Å². The molecule has 12 heavy (non-hydrogen) atoms. The topological polar surface area (TPSA) is 58.9 Å². The molecule has 0 aliphatic heterocycles. The van der Waals surface area contributed by atoms with E-state index in [1.165, 1.54) is 0 Å². The van der Waals surface area contributed by atoms with Crippen LogP contribution in [0.2, 0.25) is 0 Å². The molecule has 4 heteroatoms. The first-order valence-corrected chi connectivity index (χ1v) is 4.23. The van der Waals surface area contributed by atoms with E-state index in [2.05, 4.69) is 0 Å². The van der Waals surface area contributed by atoms with Crippen LogP contribution in [0.5, 0.6) is 0 Å². The maximum atomic E-state index is 9.40. The van der Waals surface area contributed by atoms with Gasteiger partial charge in [0.2, 0.25) is 0 Å². The fraction of sp³-hybridized carbons (Fsp3) is 1.00. The molecule has 0 radical (unpaired) electrons. The summed E-state index contributed by atoms with van der Waals surface area (Å²) in [5, 5.41) is 18.1. The molecule has 0 saturated carbocycles. The molecule has 0 amide bonds. The molecule has 0 rings (SSSR count). The van der Waals surface area contributed by atoms with Crippen molar-refractivity contribution >= 4 is 0 Å². The van der Waals surface area contributed by atoms with Gasteiger partial charge in [0.05, 0.1) is 19.8 Å². The van der Waals surface area contributed by atoms with Gasteiger partial charge in [-0.2, -0.15) is 0 Å². The maximum absolute atomic E-state index is 9.40. The molecule has 0 aromatic heterocycles. The number of ether oxygens (including phenoxy) is 2. The predicted molar refractivity (Wildman–Crippen MR) is 44.8 cm³/mol. The number of rotatable bonds is 7. The average Bonchev–Trinajstić information content (AvgIpc) is 2.12. The van der Waals surface area contributed by atoms with E-state index >= 15 is 0 Å². The highest BCUT2D eigenvalue weighted by Crippen LogP contribution is 2.09. The molecule has 0 fully saturated rings. The van der Waals surface area contributed by atoms with Gasteiger partial charge in [-0.3, -0.25) is 0 Å². The molecule has 0 bridgehead atoms. The molecule has 0 heterocycles. The third-order valence-corrected chi connectivity index (χ3v) is 1.60. The van der Waals surface area contributed by atoms with Crippen molar-refractivity contribution in [3.05, 3.63) is 0 Å². The van der Waals surface area contributed by atoms with Gasteiger partial charge in [-0.1, -0.05) is 6.92 Å². The van der Waals surface area contributed by atoms with Crippen LogP contribution in [-0.2, 0) is 9.47 Å². The Bertz CT molecular complexity index is 101. The van der Waals surface area contributed by atoms with Crippen molar-refractivity contribution < 1.29 is 19.7 Å². The monoisotopic (exact) mass is 178 g/mol. The second-order valence-corrected chi connectivity index (χ2v) is 2.50. The van der Waals surface area contributed by atoms with Crippen LogP contribution in [-0.4, -0.2) is 42.4 Å². The maximum Gasteiger partial charge on any atom is 0.188 e. The lowest BCUT2D eigenvalue weighted by Gasteiger charge is -2.24. The Morgan fingerprint density at radius 1 is 1.25 bits per heavy atom. The lowest BCUT2D eigenvalue weighted by atomic mass is 10.2. The fourth-order valence-electron chi connectivity index (χ4n) is 0.694.